The Bertz CT molecular complexity index is 588. The molecule has 0 bridgehead atoms. The van der Waals surface area contributed by atoms with Gasteiger partial charge in [-0.05, 0) is 63.1 Å². The van der Waals surface area contributed by atoms with E-state index in [1.54, 1.807) is 0 Å². The average molecular weight is 367 g/mol. The van der Waals surface area contributed by atoms with Crippen LogP contribution in [0, 0.1) is 5.82 Å². The summed E-state index contributed by atoms with van der Waals surface area (Å²) in [6.07, 6.45) is 6.94. The molecule has 138 valence electrons. The number of carbonyl (C=O) groups is 1. The van der Waals surface area contributed by atoms with Crippen molar-refractivity contribution in [1.82, 2.24) is 15.6 Å². The number of ether oxygens (including phenoxy) is 1. The number of hydrogen-bond donors (Lipinski definition) is 2. The topological polar surface area (TPSA) is 63.2 Å². The lowest BCUT2D eigenvalue weighted by Gasteiger charge is -2.29. The van der Waals surface area contributed by atoms with E-state index in [9.17, 15) is 9.18 Å². The van der Waals surface area contributed by atoms with E-state index < -0.39 is 5.82 Å². The molecule has 7 heteroatoms. The molecular weight excluding hydrogens is 341 g/mol. The van der Waals surface area contributed by atoms with Gasteiger partial charge in [0.1, 0.15) is 17.5 Å². The summed E-state index contributed by atoms with van der Waals surface area (Å²) in [6.45, 7) is 0. The monoisotopic (exact) mass is 367 g/mol. The van der Waals surface area contributed by atoms with Gasteiger partial charge in [0.2, 0.25) is 5.88 Å². The van der Waals surface area contributed by atoms with E-state index in [4.69, 9.17) is 4.74 Å². The number of aromatic nitrogens is 1. The van der Waals surface area contributed by atoms with E-state index in [0.29, 0.717) is 6.04 Å². The fourth-order valence-corrected chi connectivity index (χ4v) is 4.49. The highest BCUT2D eigenvalue weighted by Crippen LogP contribution is 2.25. The second-order valence-electron chi connectivity index (χ2n) is 6.75. The summed E-state index contributed by atoms with van der Waals surface area (Å²) in [7, 11) is 1.97. The first-order chi connectivity index (χ1) is 12.2. The van der Waals surface area contributed by atoms with Crippen LogP contribution < -0.4 is 15.4 Å². The summed E-state index contributed by atoms with van der Waals surface area (Å²) >= 11 is 1.90. The van der Waals surface area contributed by atoms with Gasteiger partial charge in [0, 0.05) is 12.1 Å². The number of thioether (sulfide) groups is 1. The standard InChI is InChI=1S/C18H26FN3O2S/c1-20-13-2-4-14(5-3-13)22-17(23)16-10-12(19)11-21-18(16)24-15-6-8-25-9-7-15/h10-11,13-15,20H,2-9H2,1H3,(H,22,23)/t13-,14+. The van der Waals surface area contributed by atoms with E-state index in [0.717, 1.165) is 56.2 Å². The van der Waals surface area contributed by atoms with Crippen LogP contribution in [0.5, 0.6) is 5.88 Å². The van der Waals surface area contributed by atoms with Gasteiger partial charge in [0.05, 0.1) is 6.20 Å². The molecule has 2 aliphatic rings. The highest BCUT2D eigenvalue weighted by Gasteiger charge is 2.25. The van der Waals surface area contributed by atoms with Crippen LogP contribution in [0.15, 0.2) is 12.3 Å². The van der Waals surface area contributed by atoms with Gasteiger partial charge >= 0.3 is 0 Å². The molecule has 0 radical (unpaired) electrons. The van der Waals surface area contributed by atoms with Crippen molar-refractivity contribution >= 4 is 17.7 Å². The molecule has 1 aliphatic heterocycles. The zero-order chi connectivity index (χ0) is 17.6. The molecule has 1 amide bonds. The minimum Gasteiger partial charge on any atom is -0.474 e. The summed E-state index contributed by atoms with van der Waals surface area (Å²) in [6, 6.07) is 1.88. The Hall–Kier alpha value is -1.34. The maximum atomic E-state index is 13.7. The number of rotatable bonds is 5. The molecule has 25 heavy (non-hydrogen) atoms. The van der Waals surface area contributed by atoms with E-state index in [1.165, 1.54) is 6.07 Å². The summed E-state index contributed by atoms with van der Waals surface area (Å²) in [5.41, 5.74) is 0.203. The molecule has 1 aromatic rings. The number of nitrogens with one attached hydrogen (secondary N) is 2. The second kappa shape index (κ2) is 8.85. The highest BCUT2D eigenvalue weighted by molar-refractivity contribution is 7.99. The second-order valence-corrected chi connectivity index (χ2v) is 7.97. The van der Waals surface area contributed by atoms with Gasteiger partial charge in [-0.3, -0.25) is 4.79 Å². The number of carbonyl (C=O) groups excluding carboxylic acids is 1. The normalized spacial score (nSPS) is 24.7. The van der Waals surface area contributed by atoms with Gasteiger partial charge in [-0.25, -0.2) is 9.37 Å². The van der Waals surface area contributed by atoms with E-state index in [2.05, 4.69) is 15.6 Å². The number of pyridine rings is 1. The van der Waals surface area contributed by atoms with Crippen LogP contribution in [-0.2, 0) is 0 Å². The number of amides is 1. The Morgan fingerprint density at radius 1 is 1.20 bits per heavy atom. The Morgan fingerprint density at radius 2 is 1.88 bits per heavy atom. The molecule has 5 nitrogen and oxygen atoms in total. The fourth-order valence-electron chi connectivity index (χ4n) is 3.42. The summed E-state index contributed by atoms with van der Waals surface area (Å²) in [4.78, 5) is 16.7. The molecule has 0 aromatic carbocycles. The Labute approximate surface area is 152 Å². The first-order valence-corrected chi connectivity index (χ1v) is 10.2. The zero-order valence-corrected chi connectivity index (χ0v) is 15.4. The van der Waals surface area contributed by atoms with Crippen molar-refractivity contribution in [3.63, 3.8) is 0 Å². The smallest absolute Gasteiger partial charge is 0.257 e. The van der Waals surface area contributed by atoms with E-state index in [1.807, 2.05) is 18.8 Å². The van der Waals surface area contributed by atoms with Crippen molar-refractivity contribution in [2.24, 2.45) is 0 Å². The lowest BCUT2D eigenvalue weighted by molar-refractivity contribution is 0.0914. The molecule has 3 rings (SSSR count). The molecule has 2 heterocycles. The molecule has 0 unspecified atom stereocenters. The molecule has 1 aliphatic carbocycles. The van der Waals surface area contributed by atoms with Crippen LogP contribution >= 0.6 is 11.8 Å². The van der Waals surface area contributed by atoms with Gasteiger partial charge in [-0.1, -0.05) is 0 Å². The van der Waals surface area contributed by atoms with Crippen LogP contribution in [0.25, 0.3) is 0 Å². The van der Waals surface area contributed by atoms with Crippen LogP contribution in [0.3, 0.4) is 0 Å². The lowest BCUT2D eigenvalue weighted by atomic mass is 9.91. The van der Waals surface area contributed by atoms with Gasteiger partial charge in [0.25, 0.3) is 5.91 Å². The van der Waals surface area contributed by atoms with Crippen molar-refractivity contribution in [3.8, 4) is 5.88 Å². The van der Waals surface area contributed by atoms with Gasteiger partial charge in [-0.2, -0.15) is 11.8 Å². The molecule has 0 spiro atoms. The summed E-state index contributed by atoms with van der Waals surface area (Å²) < 4.78 is 19.6. The Morgan fingerprint density at radius 3 is 2.56 bits per heavy atom. The number of nitrogens with zero attached hydrogens (tertiary/aromatic N) is 1. The van der Waals surface area contributed by atoms with Crippen molar-refractivity contribution in [1.29, 1.82) is 0 Å². The number of hydrogen-bond acceptors (Lipinski definition) is 5. The summed E-state index contributed by atoms with van der Waals surface area (Å²) in [5, 5.41) is 6.30. The molecule has 2 fully saturated rings. The molecule has 1 saturated heterocycles. The number of halogens is 1. The minimum absolute atomic E-state index is 0.0526. The van der Waals surface area contributed by atoms with Crippen molar-refractivity contribution in [2.75, 3.05) is 18.6 Å². The molecule has 2 N–H and O–H groups in total. The van der Waals surface area contributed by atoms with Crippen molar-refractivity contribution in [3.05, 3.63) is 23.6 Å². The van der Waals surface area contributed by atoms with Crippen LogP contribution in [0.2, 0.25) is 0 Å². The minimum atomic E-state index is -0.518. The maximum Gasteiger partial charge on any atom is 0.257 e. The first-order valence-electron chi connectivity index (χ1n) is 9.03. The molecular formula is C18H26FN3O2S. The summed E-state index contributed by atoms with van der Waals surface area (Å²) in [5.74, 6) is 1.53. The molecule has 1 aromatic heterocycles. The largest absolute Gasteiger partial charge is 0.474 e. The average Bonchev–Trinajstić information content (AvgIpc) is 2.64. The molecule has 1 saturated carbocycles. The zero-order valence-electron chi connectivity index (χ0n) is 14.6. The first kappa shape index (κ1) is 18.5. The van der Waals surface area contributed by atoms with E-state index in [-0.39, 0.29) is 29.5 Å². The van der Waals surface area contributed by atoms with Gasteiger partial charge in [-0.15, -0.1) is 0 Å². The van der Waals surface area contributed by atoms with Crippen LogP contribution in [0.4, 0.5) is 4.39 Å². The fraction of sp³-hybridized carbons (Fsp3) is 0.667. The van der Waals surface area contributed by atoms with E-state index >= 15 is 0 Å². The Kier molecular flexibility index (Phi) is 6.53. The Balaban J connectivity index is 1.65. The quantitative estimate of drug-likeness (QED) is 0.838. The predicted molar refractivity (Wildman–Crippen MR) is 97.7 cm³/mol. The third-order valence-electron chi connectivity index (χ3n) is 4.98. The van der Waals surface area contributed by atoms with Crippen molar-refractivity contribution in [2.45, 2.75) is 56.7 Å². The molecule has 0 atom stereocenters. The van der Waals surface area contributed by atoms with Gasteiger partial charge < -0.3 is 15.4 Å². The predicted octanol–water partition coefficient (Wildman–Crippen LogP) is 2.76. The highest BCUT2D eigenvalue weighted by atomic mass is 32.2. The van der Waals surface area contributed by atoms with Crippen molar-refractivity contribution < 1.29 is 13.9 Å². The van der Waals surface area contributed by atoms with Crippen LogP contribution in [0.1, 0.15) is 48.9 Å². The maximum absolute atomic E-state index is 13.7. The lowest BCUT2D eigenvalue weighted by Crippen LogP contribution is -2.41. The SMILES string of the molecule is CN[C@H]1CC[C@@H](NC(=O)c2cc(F)cnc2OC2CCSCC2)CC1. The van der Waals surface area contributed by atoms with Crippen LogP contribution in [-0.4, -0.2) is 47.6 Å². The third-order valence-corrected chi connectivity index (χ3v) is 6.03. The van der Waals surface area contributed by atoms with Gasteiger partial charge in [0.15, 0.2) is 0 Å². The third kappa shape index (κ3) is 5.07.